The normalized spacial score (nSPS) is 11.0. The number of methoxy groups -OCH3 is 1. The molecular weight excluding hydrogens is 390 g/mol. The molecular formula is C26H21NO4. The van der Waals surface area contributed by atoms with Gasteiger partial charge in [0.2, 0.25) is 11.7 Å². The van der Waals surface area contributed by atoms with Crippen molar-refractivity contribution in [3.8, 4) is 5.75 Å². The molecule has 0 aliphatic heterocycles. The van der Waals surface area contributed by atoms with Gasteiger partial charge in [-0.15, -0.1) is 0 Å². The van der Waals surface area contributed by atoms with Crippen molar-refractivity contribution in [2.24, 2.45) is 0 Å². The number of ketones is 1. The molecule has 31 heavy (non-hydrogen) atoms. The van der Waals surface area contributed by atoms with Gasteiger partial charge in [0.05, 0.1) is 7.11 Å². The summed E-state index contributed by atoms with van der Waals surface area (Å²) in [5.41, 5.74) is 3.41. The van der Waals surface area contributed by atoms with E-state index in [-0.39, 0.29) is 17.5 Å². The molecule has 0 atom stereocenters. The van der Waals surface area contributed by atoms with Crippen LogP contribution in [-0.2, 0) is 4.79 Å². The van der Waals surface area contributed by atoms with Gasteiger partial charge in [-0.05, 0) is 61.0 Å². The van der Waals surface area contributed by atoms with Gasteiger partial charge in [-0.1, -0.05) is 30.3 Å². The summed E-state index contributed by atoms with van der Waals surface area (Å²) in [5.74, 6) is 0.527. The van der Waals surface area contributed by atoms with E-state index in [4.69, 9.17) is 9.15 Å². The maximum absolute atomic E-state index is 12.9. The molecule has 1 heterocycles. The van der Waals surface area contributed by atoms with Crippen molar-refractivity contribution in [1.82, 2.24) is 0 Å². The number of hydrogen-bond donors (Lipinski definition) is 1. The number of nitrogens with one attached hydrogen (secondary N) is 1. The number of aryl methyl sites for hydroxylation is 1. The van der Waals surface area contributed by atoms with Crippen LogP contribution in [0, 0.1) is 6.92 Å². The van der Waals surface area contributed by atoms with Crippen LogP contribution < -0.4 is 10.1 Å². The predicted molar refractivity (Wildman–Crippen MR) is 121 cm³/mol. The topological polar surface area (TPSA) is 68.5 Å². The minimum absolute atomic E-state index is 0.201. The van der Waals surface area contributed by atoms with Crippen LogP contribution in [0.1, 0.15) is 27.2 Å². The van der Waals surface area contributed by atoms with Gasteiger partial charge in [0.1, 0.15) is 11.3 Å². The fraction of sp³-hybridized carbons (Fsp3) is 0.0769. The number of anilines is 1. The molecule has 1 N–H and O–H groups in total. The highest BCUT2D eigenvalue weighted by molar-refractivity contribution is 6.11. The first-order chi connectivity index (χ1) is 15.0. The van der Waals surface area contributed by atoms with Crippen LogP contribution in [0.2, 0.25) is 0 Å². The number of carbonyl (C=O) groups is 2. The molecule has 1 aromatic heterocycles. The van der Waals surface area contributed by atoms with Crippen molar-refractivity contribution in [2.75, 3.05) is 12.4 Å². The van der Waals surface area contributed by atoms with Crippen molar-refractivity contribution in [3.05, 3.63) is 101 Å². The minimum Gasteiger partial charge on any atom is -0.497 e. The molecule has 1 amide bonds. The van der Waals surface area contributed by atoms with E-state index in [0.717, 1.165) is 16.5 Å². The van der Waals surface area contributed by atoms with E-state index in [1.54, 1.807) is 49.6 Å². The molecule has 0 aliphatic carbocycles. The van der Waals surface area contributed by atoms with E-state index in [2.05, 4.69) is 5.32 Å². The first-order valence-electron chi connectivity index (χ1n) is 9.81. The average Bonchev–Trinajstić information content (AvgIpc) is 3.14. The highest BCUT2D eigenvalue weighted by Crippen LogP contribution is 2.30. The van der Waals surface area contributed by atoms with E-state index >= 15 is 0 Å². The van der Waals surface area contributed by atoms with Crippen LogP contribution in [-0.4, -0.2) is 18.8 Å². The maximum Gasteiger partial charge on any atom is 0.248 e. The fourth-order valence-corrected chi connectivity index (χ4v) is 3.31. The number of benzene rings is 3. The Morgan fingerprint density at radius 1 is 0.968 bits per heavy atom. The summed E-state index contributed by atoms with van der Waals surface area (Å²) in [6.45, 7) is 1.84. The number of ether oxygens (including phenoxy) is 1. The fourth-order valence-electron chi connectivity index (χ4n) is 3.31. The lowest BCUT2D eigenvalue weighted by molar-refractivity contribution is -0.111. The SMILES string of the molecule is COc1ccc(C(=O)c2oc3ccc(NC(=O)C=Cc4ccccc4)cc3c2C)cc1. The van der Waals surface area contributed by atoms with Crippen LogP contribution in [0.4, 0.5) is 5.69 Å². The largest absolute Gasteiger partial charge is 0.497 e. The molecule has 0 saturated heterocycles. The summed E-state index contributed by atoms with van der Waals surface area (Å²) in [7, 11) is 1.58. The van der Waals surface area contributed by atoms with Gasteiger partial charge in [-0.3, -0.25) is 9.59 Å². The van der Waals surface area contributed by atoms with Crippen molar-refractivity contribution in [3.63, 3.8) is 0 Å². The Hall–Kier alpha value is -4.12. The van der Waals surface area contributed by atoms with Crippen LogP contribution >= 0.6 is 0 Å². The van der Waals surface area contributed by atoms with Crippen molar-refractivity contribution >= 4 is 34.4 Å². The first-order valence-corrected chi connectivity index (χ1v) is 9.81. The lowest BCUT2D eigenvalue weighted by atomic mass is 10.0. The predicted octanol–water partition coefficient (Wildman–Crippen LogP) is 5.63. The Morgan fingerprint density at radius 2 is 1.71 bits per heavy atom. The number of amides is 1. The van der Waals surface area contributed by atoms with Gasteiger partial charge in [0, 0.05) is 28.3 Å². The molecule has 3 aromatic carbocycles. The molecule has 0 spiro atoms. The molecule has 154 valence electrons. The van der Waals surface area contributed by atoms with Crippen molar-refractivity contribution in [2.45, 2.75) is 6.92 Å². The van der Waals surface area contributed by atoms with E-state index in [0.29, 0.717) is 22.6 Å². The number of hydrogen-bond acceptors (Lipinski definition) is 4. The third-order valence-electron chi connectivity index (χ3n) is 4.99. The summed E-state index contributed by atoms with van der Waals surface area (Å²) in [5, 5.41) is 3.63. The minimum atomic E-state index is -0.237. The zero-order valence-electron chi connectivity index (χ0n) is 17.2. The Balaban J connectivity index is 1.55. The molecule has 4 aromatic rings. The summed E-state index contributed by atoms with van der Waals surface area (Å²) in [6, 6.07) is 21.8. The zero-order valence-corrected chi connectivity index (χ0v) is 17.2. The molecule has 5 nitrogen and oxygen atoms in total. The number of carbonyl (C=O) groups excluding carboxylic acids is 2. The molecule has 0 fully saturated rings. The lowest BCUT2D eigenvalue weighted by Crippen LogP contribution is -2.07. The van der Waals surface area contributed by atoms with E-state index in [1.165, 1.54) is 6.08 Å². The maximum atomic E-state index is 12.9. The van der Waals surface area contributed by atoms with Gasteiger partial charge in [0.25, 0.3) is 0 Å². The third-order valence-corrected chi connectivity index (χ3v) is 4.99. The summed E-state index contributed by atoms with van der Waals surface area (Å²) in [6.07, 6.45) is 3.24. The number of fused-ring (bicyclic) bond motifs is 1. The second-order valence-corrected chi connectivity index (χ2v) is 7.06. The van der Waals surface area contributed by atoms with Crippen LogP contribution in [0.5, 0.6) is 5.75 Å². The summed E-state index contributed by atoms with van der Waals surface area (Å²) >= 11 is 0. The molecule has 0 unspecified atom stereocenters. The number of rotatable bonds is 6. The smallest absolute Gasteiger partial charge is 0.248 e. The van der Waals surface area contributed by atoms with Crippen molar-refractivity contribution < 1.29 is 18.7 Å². The zero-order chi connectivity index (χ0) is 21.8. The molecule has 0 radical (unpaired) electrons. The average molecular weight is 411 g/mol. The highest BCUT2D eigenvalue weighted by atomic mass is 16.5. The van der Waals surface area contributed by atoms with E-state index in [1.807, 2.05) is 43.3 Å². The Bertz CT molecular complexity index is 1270. The van der Waals surface area contributed by atoms with Gasteiger partial charge >= 0.3 is 0 Å². The second-order valence-electron chi connectivity index (χ2n) is 7.06. The Labute approximate surface area is 180 Å². The van der Waals surface area contributed by atoms with Gasteiger partial charge in [0.15, 0.2) is 5.76 Å². The van der Waals surface area contributed by atoms with Gasteiger partial charge < -0.3 is 14.5 Å². The molecule has 0 bridgehead atoms. The number of furan rings is 1. The molecule has 0 aliphatic rings. The lowest BCUT2D eigenvalue weighted by Gasteiger charge is -2.02. The quantitative estimate of drug-likeness (QED) is 0.330. The third kappa shape index (κ3) is 4.41. The molecule has 5 heteroatoms. The van der Waals surface area contributed by atoms with Crippen LogP contribution in [0.3, 0.4) is 0 Å². The summed E-state index contributed by atoms with van der Waals surface area (Å²) in [4.78, 5) is 25.2. The van der Waals surface area contributed by atoms with E-state index in [9.17, 15) is 9.59 Å². The molecule has 0 saturated carbocycles. The molecule has 4 rings (SSSR count). The monoisotopic (exact) mass is 411 g/mol. The standard InChI is InChI=1S/C26H21NO4/c1-17-22-16-20(27-24(28)15-8-18-6-4-3-5-7-18)11-14-23(22)31-26(17)25(29)19-9-12-21(30-2)13-10-19/h3-16H,1-2H3,(H,27,28). The highest BCUT2D eigenvalue weighted by Gasteiger charge is 2.19. The van der Waals surface area contributed by atoms with Gasteiger partial charge in [-0.25, -0.2) is 0 Å². The van der Waals surface area contributed by atoms with Crippen molar-refractivity contribution in [1.29, 1.82) is 0 Å². The van der Waals surface area contributed by atoms with E-state index < -0.39 is 0 Å². The Kier molecular flexibility index (Phi) is 5.67. The Morgan fingerprint density at radius 3 is 2.42 bits per heavy atom. The second kappa shape index (κ2) is 8.71. The summed E-state index contributed by atoms with van der Waals surface area (Å²) < 4.78 is 11.0. The first kappa shape index (κ1) is 20.2. The van der Waals surface area contributed by atoms with Gasteiger partial charge in [-0.2, -0.15) is 0 Å². The van der Waals surface area contributed by atoms with Crippen LogP contribution in [0.15, 0.2) is 83.3 Å². The van der Waals surface area contributed by atoms with Crippen LogP contribution in [0.25, 0.3) is 17.0 Å².